The number of carbonyl (C=O) groups excluding carboxylic acids is 1. The number of aliphatic hydroxyl groups is 1. The van der Waals surface area contributed by atoms with E-state index in [2.05, 4.69) is 27.6 Å². The number of carbonyl (C=O) groups is 1. The number of rotatable bonds is 0. The number of ether oxygens (including phenoxy) is 1. The highest BCUT2D eigenvalue weighted by Crippen LogP contribution is 2.47. The van der Waals surface area contributed by atoms with Gasteiger partial charge in [-0.1, -0.05) is 29.8 Å². The van der Waals surface area contributed by atoms with Gasteiger partial charge >= 0.3 is 0 Å². The van der Waals surface area contributed by atoms with Gasteiger partial charge < -0.3 is 14.7 Å². The van der Waals surface area contributed by atoms with Crippen molar-refractivity contribution in [3.05, 3.63) is 70.3 Å². The maximum atomic E-state index is 13.4. The Bertz CT molecular complexity index is 1490. The minimum absolute atomic E-state index is 0.136. The predicted octanol–water partition coefficient (Wildman–Crippen LogP) is 4.91. The van der Waals surface area contributed by atoms with Crippen molar-refractivity contribution in [2.45, 2.75) is 61.7 Å². The molecule has 2 fully saturated rings. The molecule has 7 rings (SSSR count). The van der Waals surface area contributed by atoms with E-state index < -0.39 is 15.8 Å². The highest BCUT2D eigenvalue weighted by molar-refractivity contribution is 7.99. The quantitative estimate of drug-likeness (QED) is 0.342. The van der Waals surface area contributed by atoms with Gasteiger partial charge in [0.2, 0.25) is 0 Å². The molecule has 0 saturated heterocycles. The van der Waals surface area contributed by atoms with Crippen LogP contribution in [0, 0.1) is 17.8 Å². The second-order valence-electron chi connectivity index (χ2n) is 12.6. The van der Waals surface area contributed by atoms with E-state index in [0.29, 0.717) is 18.1 Å². The Labute approximate surface area is 241 Å². The fourth-order valence-corrected chi connectivity index (χ4v) is 9.64. The molecule has 6 nitrogen and oxygen atoms in total. The third kappa shape index (κ3) is 4.64. The molecule has 7 atom stereocenters. The first-order valence-electron chi connectivity index (χ1n) is 14.6. The molecule has 212 valence electrons. The fourth-order valence-electron chi connectivity index (χ4n) is 7.57. The van der Waals surface area contributed by atoms with Crippen molar-refractivity contribution in [1.82, 2.24) is 4.72 Å². The summed E-state index contributed by atoms with van der Waals surface area (Å²) in [5.74, 6) is 5.09. The molecule has 0 radical (unpaired) electrons. The molecule has 2 saturated carbocycles. The van der Waals surface area contributed by atoms with Crippen LogP contribution in [0.2, 0.25) is 5.02 Å². The summed E-state index contributed by atoms with van der Waals surface area (Å²) in [5.41, 5.74) is 3.72. The van der Waals surface area contributed by atoms with Gasteiger partial charge in [-0.15, -0.1) is 0 Å². The Kier molecular flexibility index (Phi) is 6.48. The van der Waals surface area contributed by atoms with Crippen molar-refractivity contribution < 1.29 is 18.8 Å². The molecule has 40 heavy (non-hydrogen) atoms. The van der Waals surface area contributed by atoms with Gasteiger partial charge in [0.15, 0.2) is 0 Å². The molecule has 8 heteroatoms. The molecule has 2 aliphatic heterocycles. The van der Waals surface area contributed by atoms with Gasteiger partial charge in [0.05, 0.1) is 28.1 Å². The van der Waals surface area contributed by atoms with Gasteiger partial charge in [0.25, 0.3) is 5.91 Å². The van der Waals surface area contributed by atoms with E-state index in [9.17, 15) is 14.1 Å². The number of nitrogens with zero attached hydrogens (tertiary/aromatic N) is 1. The van der Waals surface area contributed by atoms with Crippen LogP contribution in [-0.2, 0) is 21.5 Å². The predicted molar refractivity (Wildman–Crippen MR) is 161 cm³/mol. The number of aliphatic hydroxyl groups excluding tert-OH is 1. The molecule has 5 aliphatic rings. The standard InChI is InChI=1S/C32H37ClN2O4S/c1-40(38)30-16-21(30)4-2-6-28(36)25-10-7-23(25)17-35-18-32(13-3-5-20-14-24(33)9-11-26(20)32)19-39-29-12-8-22(15-27(29)35)31(37)34-40/h2,6,8-9,11-12,14-15,21,23,25,28,30,36H,1,3-5,7,10,13,16-19H2,(H,34,37,38)/b6-2+/t21-,23-,25+,28-,30-,32-,40?/m0/s1. The second kappa shape index (κ2) is 9.81. The minimum Gasteiger partial charge on any atom is -0.490 e. The number of aryl methyl sites for hydroxylation is 1. The smallest absolute Gasteiger partial charge is 0.262 e. The van der Waals surface area contributed by atoms with E-state index in [4.69, 9.17) is 16.3 Å². The number of amides is 1. The first kappa shape index (κ1) is 26.4. The summed E-state index contributed by atoms with van der Waals surface area (Å²) < 4.78 is 22.7. The Balaban J connectivity index is 1.29. The van der Waals surface area contributed by atoms with Gasteiger partial charge in [-0.3, -0.25) is 9.52 Å². The molecule has 1 amide bonds. The van der Waals surface area contributed by atoms with Gasteiger partial charge in [0, 0.05) is 34.3 Å². The summed E-state index contributed by atoms with van der Waals surface area (Å²) in [5, 5.41) is 11.7. The average molecular weight is 581 g/mol. The topological polar surface area (TPSA) is 78.9 Å². The average Bonchev–Trinajstić information content (AvgIpc) is 3.70. The first-order chi connectivity index (χ1) is 19.2. The minimum atomic E-state index is -2.79. The highest BCUT2D eigenvalue weighted by Gasteiger charge is 2.45. The van der Waals surface area contributed by atoms with Crippen molar-refractivity contribution in [3.8, 4) is 5.75 Å². The van der Waals surface area contributed by atoms with E-state index in [1.807, 2.05) is 30.4 Å². The molecule has 2 N–H and O–H groups in total. The lowest BCUT2D eigenvalue weighted by Crippen LogP contribution is -2.49. The maximum absolute atomic E-state index is 13.4. The number of hydrogen-bond donors (Lipinski definition) is 2. The van der Waals surface area contributed by atoms with E-state index in [0.717, 1.165) is 74.5 Å². The van der Waals surface area contributed by atoms with Gasteiger partial charge in [-0.2, -0.15) is 0 Å². The number of nitrogens with one attached hydrogen (secondary N) is 1. The van der Waals surface area contributed by atoms with E-state index in [1.165, 1.54) is 11.1 Å². The van der Waals surface area contributed by atoms with Crippen LogP contribution in [0.25, 0.3) is 0 Å². The monoisotopic (exact) mass is 580 g/mol. The Morgan fingerprint density at radius 3 is 2.88 bits per heavy atom. The van der Waals surface area contributed by atoms with Crippen molar-refractivity contribution in [1.29, 1.82) is 0 Å². The van der Waals surface area contributed by atoms with Crippen molar-refractivity contribution >= 4 is 38.8 Å². The van der Waals surface area contributed by atoms with Crippen LogP contribution in [-0.4, -0.2) is 52.1 Å². The van der Waals surface area contributed by atoms with Crippen molar-refractivity contribution in [2.24, 2.45) is 17.8 Å². The summed E-state index contributed by atoms with van der Waals surface area (Å²) in [6.07, 6.45) is 10.1. The molecule has 2 aromatic rings. The van der Waals surface area contributed by atoms with Crippen LogP contribution in [0.4, 0.5) is 5.69 Å². The molecule has 2 heterocycles. The Hall–Kier alpha value is -2.48. The number of hydrogen-bond acceptors (Lipinski definition) is 5. The Morgan fingerprint density at radius 2 is 2.05 bits per heavy atom. The lowest BCUT2D eigenvalue weighted by atomic mass is 9.68. The zero-order valence-corrected chi connectivity index (χ0v) is 24.3. The lowest BCUT2D eigenvalue weighted by molar-refractivity contribution is 0.0456. The Morgan fingerprint density at radius 1 is 1.18 bits per heavy atom. The van der Waals surface area contributed by atoms with Crippen LogP contribution < -0.4 is 14.4 Å². The summed E-state index contributed by atoms with van der Waals surface area (Å²) in [6, 6.07) is 11.8. The second-order valence-corrected chi connectivity index (χ2v) is 15.3. The molecule has 2 bridgehead atoms. The number of benzene rings is 2. The van der Waals surface area contributed by atoms with Crippen LogP contribution >= 0.6 is 11.6 Å². The zero-order chi connectivity index (χ0) is 27.6. The first-order valence-corrected chi connectivity index (χ1v) is 16.7. The third-order valence-corrected chi connectivity index (χ3v) is 12.4. The fraction of sp³-hybridized carbons (Fsp3) is 0.500. The molecule has 1 spiro atoms. The molecular formula is C32H37ClN2O4S. The summed E-state index contributed by atoms with van der Waals surface area (Å²) in [4.78, 5) is 15.8. The summed E-state index contributed by atoms with van der Waals surface area (Å²) in [6.45, 7) is 2.08. The molecule has 1 unspecified atom stereocenters. The number of allylic oxidation sites excluding steroid dienone is 1. The van der Waals surface area contributed by atoms with Crippen LogP contribution in [0.5, 0.6) is 5.75 Å². The number of anilines is 1. The van der Waals surface area contributed by atoms with E-state index >= 15 is 0 Å². The van der Waals surface area contributed by atoms with E-state index in [1.54, 1.807) is 6.07 Å². The molecule has 3 aliphatic carbocycles. The maximum Gasteiger partial charge on any atom is 0.262 e. The zero-order valence-electron chi connectivity index (χ0n) is 22.7. The SMILES string of the molecule is C=S1(=O)NC(=O)c2ccc3c(c2)N(C[C@@H]2CC[C@H]2[C@@H](O)/C=C/C[C@H]2C[C@@H]21)C[C@@]1(CCCc2cc(Cl)ccc21)CO3. The van der Waals surface area contributed by atoms with Crippen molar-refractivity contribution in [2.75, 3.05) is 24.6 Å². The normalized spacial score (nSPS) is 37.5. The third-order valence-electron chi connectivity index (χ3n) is 10.1. The lowest BCUT2D eigenvalue weighted by Gasteiger charge is -2.45. The van der Waals surface area contributed by atoms with Gasteiger partial charge in [0.1, 0.15) is 5.75 Å². The van der Waals surface area contributed by atoms with Crippen molar-refractivity contribution in [3.63, 3.8) is 0 Å². The van der Waals surface area contributed by atoms with Gasteiger partial charge in [-0.05, 0) is 110 Å². The number of fused-ring (bicyclic) bond motifs is 5. The van der Waals surface area contributed by atoms with Crippen LogP contribution in [0.15, 0.2) is 48.6 Å². The number of halogens is 1. The van der Waals surface area contributed by atoms with Gasteiger partial charge in [-0.25, -0.2) is 4.21 Å². The highest BCUT2D eigenvalue weighted by atomic mass is 35.5. The molecule has 0 aromatic heterocycles. The van der Waals surface area contributed by atoms with Crippen LogP contribution in [0.3, 0.4) is 0 Å². The summed E-state index contributed by atoms with van der Waals surface area (Å²) >= 11 is 6.39. The summed E-state index contributed by atoms with van der Waals surface area (Å²) in [7, 11) is -2.79. The van der Waals surface area contributed by atoms with Crippen LogP contribution in [0.1, 0.15) is 60.0 Å². The van der Waals surface area contributed by atoms with E-state index in [-0.39, 0.29) is 28.4 Å². The molecule has 2 aromatic carbocycles. The largest absolute Gasteiger partial charge is 0.490 e. The molecular weight excluding hydrogens is 544 g/mol.